The van der Waals surface area contributed by atoms with Crippen molar-refractivity contribution in [2.24, 2.45) is 22.9 Å². The average Bonchev–Trinajstić information content (AvgIpc) is 3.25. The number of nitrogens with zero attached hydrogens (tertiary/aromatic N) is 2. The standard InChI is InChI=1S/C49H63FN2O8S/c1-6-27-58-49-44(52(47(55)56-7-2)33-34-19-21-36(50)22-20-34)32-42(51-60-48(3,4)5)40-30-35(15-11-13-25-53)39(18-12-14-26-54)45(46(40)49)41-31-37(23-24-43(41)59-49)57-28-29-61-38-16-9-8-10-17-38/h6,8-10,16-17,19-24,30-31,35,39,44-46,53-54H,1,7,11-15,18,25-29,32-33H2,2-5H3/t35-,39+,44-,45+,46+,49+/m0/s1. The maximum atomic E-state index is 14.4. The monoisotopic (exact) mass is 858 g/mol. The third-order valence-corrected chi connectivity index (χ3v) is 12.6. The first-order valence-electron chi connectivity index (χ1n) is 21.8. The van der Waals surface area contributed by atoms with E-state index >= 15 is 0 Å². The zero-order chi connectivity index (χ0) is 43.4. The van der Waals surface area contributed by atoms with Crippen LogP contribution in [0.25, 0.3) is 0 Å². The Labute approximate surface area is 365 Å². The van der Waals surface area contributed by atoms with Crippen LogP contribution in [-0.2, 0) is 20.9 Å². The molecule has 1 aliphatic heterocycles. The summed E-state index contributed by atoms with van der Waals surface area (Å²) in [6.07, 6.45) is 8.23. The van der Waals surface area contributed by atoms with E-state index < -0.39 is 29.4 Å². The quantitative estimate of drug-likeness (QED) is 0.0467. The van der Waals surface area contributed by atoms with Crippen LogP contribution in [0, 0.1) is 23.6 Å². The van der Waals surface area contributed by atoms with Gasteiger partial charge in [-0.25, -0.2) is 9.18 Å². The summed E-state index contributed by atoms with van der Waals surface area (Å²) < 4.78 is 40.8. The minimum Gasteiger partial charge on any atom is -0.493 e. The van der Waals surface area contributed by atoms with Crippen molar-refractivity contribution in [1.29, 1.82) is 0 Å². The second-order valence-corrected chi connectivity index (χ2v) is 18.1. The van der Waals surface area contributed by atoms with Crippen LogP contribution in [0.5, 0.6) is 11.5 Å². The fraction of sp³-hybridized carbons (Fsp3) is 0.510. The van der Waals surface area contributed by atoms with E-state index in [2.05, 4.69) is 30.9 Å². The van der Waals surface area contributed by atoms with Crippen LogP contribution < -0.4 is 9.47 Å². The van der Waals surface area contributed by atoms with E-state index in [9.17, 15) is 19.4 Å². The number of aliphatic hydroxyl groups is 2. The van der Waals surface area contributed by atoms with Crippen LogP contribution in [0.1, 0.15) is 89.7 Å². The van der Waals surface area contributed by atoms with E-state index in [1.165, 1.54) is 17.0 Å². The van der Waals surface area contributed by atoms with Crippen LogP contribution in [0.4, 0.5) is 9.18 Å². The summed E-state index contributed by atoms with van der Waals surface area (Å²) in [4.78, 5) is 23.4. The maximum absolute atomic E-state index is 14.4. The molecule has 61 heavy (non-hydrogen) atoms. The topological polar surface area (TPSA) is 119 Å². The number of benzene rings is 3. The van der Waals surface area contributed by atoms with Gasteiger partial charge in [0.05, 0.1) is 31.5 Å². The third kappa shape index (κ3) is 11.4. The summed E-state index contributed by atoms with van der Waals surface area (Å²) in [7, 11) is 0. The Morgan fingerprint density at radius 3 is 2.46 bits per heavy atom. The Kier molecular flexibility index (Phi) is 16.4. The second-order valence-electron chi connectivity index (χ2n) is 16.9. The van der Waals surface area contributed by atoms with E-state index in [1.54, 1.807) is 41.8 Å². The molecular weight excluding hydrogens is 796 g/mol. The predicted octanol–water partition coefficient (Wildman–Crippen LogP) is 10.1. The molecule has 3 aliphatic rings. The zero-order valence-electron chi connectivity index (χ0n) is 36.1. The fourth-order valence-electron chi connectivity index (χ4n) is 9.06. The van der Waals surface area contributed by atoms with Gasteiger partial charge in [-0.15, -0.1) is 18.3 Å². The lowest BCUT2D eigenvalue weighted by Gasteiger charge is -2.60. The van der Waals surface area contributed by atoms with E-state index in [0.29, 0.717) is 36.5 Å². The minimum atomic E-state index is -1.47. The first-order valence-corrected chi connectivity index (χ1v) is 22.8. The lowest BCUT2D eigenvalue weighted by molar-refractivity contribution is -0.256. The maximum Gasteiger partial charge on any atom is 0.410 e. The molecule has 2 aliphatic carbocycles. The van der Waals surface area contributed by atoms with Gasteiger partial charge in [-0.1, -0.05) is 60.5 Å². The predicted molar refractivity (Wildman–Crippen MR) is 237 cm³/mol. The number of carbonyl (C=O) groups is 1. The molecule has 0 radical (unpaired) electrons. The number of allylic oxidation sites excluding steroid dienone is 1. The SMILES string of the molecule is C=CCO[C@@]12Oc3ccc(OCCSc4ccccc4)cc3[C@H]3[C@H](CCCCO)[C@@H](CCCCO)C=C(C(=NOC(C)(C)C)C[C@@H]1N(Cc1ccc(F)cc1)C(=O)OCC)[C@H]32. The van der Waals surface area contributed by atoms with Crippen LogP contribution in [0.15, 0.2) is 107 Å². The Morgan fingerprint density at radius 2 is 1.77 bits per heavy atom. The van der Waals surface area contributed by atoms with Gasteiger partial charge in [0.2, 0.25) is 5.79 Å². The average molecular weight is 859 g/mol. The summed E-state index contributed by atoms with van der Waals surface area (Å²) in [5.74, 6) is -0.323. The summed E-state index contributed by atoms with van der Waals surface area (Å²) in [6, 6.07) is 21.5. The first-order chi connectivity index (χ1) is 29.5. The van der Waals surface area contributed by atoms with Crippen molar-refractivity contribution in [1.82, 2.24) is 4.90 Å². The number of hydrogen-bond donors (Lipinski definition) is 2. The molecule has 12 heteroatoms. The second kappa shape index (κ2) is 21.6. The normalized spacial score (nSPS) is 23.6. The Balaban J connectivity index is 1.54. The lowest BCUT2D eigenvalue weighted by atomic mass is 9.55. The van der Waals surface area contributed by atoms with Gasteiger partial charge in [-0.3, -0.25) is 4.90 Å². The fourth-order valence-corrected chi connectivity index (χ4v) is 9.81. The number of hydrogen-bond acceptors (Lipinski definition) is 10. The number of carbonyl (C=O) groups excluding carboxylic acids is 1. The van der Waals surface area contributed by atoms with Gasteiger partial charge >= 0.3 is 6.09 Å². The molecule has 0 aromatic heterocycles. The molecule has 330 valence electrons. The van der Waals surface area contributed by atoms with E-state index in [0.717, 1.165) is 48.3 Å². The van der Waals surface area contributed by atoms with Crippen molar-refractivity contribution >= 4 is 23.6 Å². The van der Waals surface area contributed by atoms with Crippen molar-refractivity contribution in [3.8, 4) is 11.5 Å². The van der Waals surface area contributed by atoms with Crippen molar-refractivity contribution < 1.29 is 43.2 Å². The number of amides is 1. The van der Waals surface area contributed by atoms with E-state index in [-0.39, 0.29) is 63.0 Å². The van der Waals surface area contributed by atoms with Crippen molar-refractivity contribution in [3.05, 3.63) is 114 Å². The van der Waals surface area contributed by atoms with Gasteiger partial charge in [0.25, 0.3) is 0 Å². The highest BCUT2D eigenvalue weighted by molar-refractivity contribution is 7.99. The number of thioether (sulfide) groups is 1. The van der Waals surface area contributed by atoms with Crippen molar-refractivity contribution in [2.75, 3.05) is 38.8 Å². The molecule has 1 saturated carbocycles. The Hall–Kier alpha value is -4.36. The number of unbranched alkanes of at least 4 members (excludes halogenated alkanes) is 2. The molecular formula is C49H63FN2O8S. The van der Waals surface area contributed by atoms with E-state index in [4.69, 9.17) is 28.9 Å². The number of aliphatic hydroxyl groups excluding tert-OH is 2. The summed E-state index contributed by atoms with van der Waals surface area (Å²) in [6.45, 7) is 12.7. The molecule has 0 bridgehead atoms. The molecule has 3 aromatic rings. The largest absolute Gasteiger partial charge is 0.493 e. The van der Waals surface area contributed by atoms with Gasteiger partial charge in [-0.2, -0.15) is 0 Å². The highest BCUT2D eigenvalue weighted by atomic mass is 32.2. The first kappa shape index (κ1) is 46.2. The number of oxime groups is 1. The molecule has 1 heterocycles. The minimum absolute atomic E-state index is 0.0499. The van der Waals surface area contributed by atoms with Crippen molar-refractivity contribution in [3.63, 3.8) is 0 Å². The highest BCUT2D eigenvalue weighted by Crippen LogP contribution is 2.62. The van der Waals surface area contributed by atoms with Crippen LogP contribution in [-0.4, -0.2) is 83.1 Å². The Morgan fingerprint density at radius 1 is 1.03 bits per heavy atom. The van der Waals surface area contributed by atoms with Gasteiger partial charge in [0.1, 0.15) is 29.0 Å². The third-order valence-electron chi connectivity index (χ3n) is 11.6. The van der Waals surface area contributed by atoms with Gasteiger partial charge in [-0.05, 0) is 119 Å². The molecule has 6 rings (SSSR count). The molecule has 0 spiro atoms. The molecule has 6 atom stereocenters. The molecule has 2 N–H and O–H groups in total. The highest BCUT2D eigenvalue weighted by Gasteiger charge is 2.65. The van der Waals surface area contributed by atoms with Crippen LogP contribution in [0.3, 0.4) is 0 Å². The van der Waals surface area contributed by atoms with Gasteiger partial charge in [0.15, 0.2) is 0 Å². The molecule has 0 saturated heterocycles. The lowest BCUT2D eigenvalue weighted by Crippen LogP contribution is -2.70. The zero-order valence-corrected chi connectivity index (χ0v) is 36.9. The number of halogens is 1. The molecule has 0 unspecified atom stereocenters. The van der Waals surface area contributed by atoms with E-state index in [1.807, 2.05) is 51.1 Å². The summed E-state index contributed by atoms with van der Waals surface area (Å²) in [5.41, 5.74) is 2.67. The smallest absolute Gasteiger partial charge is 0.410 e. The molecule has 3 aromatic carbocycles. The van der Waals surface area contributed by atoms with Crippen LogP contribution >= 0.6 is 11.8 Å². The van der Waals surface area contributed by atoms with Crippen molar-refractivity contribution in [2.45, 2.75) is 107 Å². The summed E-state index contributed by atoms with van der Waals surface area (Å²) >= 11 is 1.74. The number of fused-ring (bicyclic) bond motifs is 2. The summed E-state index contributed by atoms with van der Waals surface area (Å²) in [5, 5.41) is 24.8. The number of ether oxygens (including phenoxy) is 4. The molecule has 10 nitrogen and oxygen atoms in total. The molecule has 1 amide bonds. The van der Waals surface area contributed by atoms with Gasteiger partial charge < -0.3 is 34.0 Å². The van der Waals surface area contributed by atoms with Crippen LogP contribution in [0.2, 0.25) is 0 Å². The molecule has 1 fully saturated rings. The Bertz CT molecular complexity index is 1950. The van der Waals surface area contributed by atoms with Gasteiger partial charge in [0, 0.05) is 48.3 Å². The number of rotatable bonds is 21.